The number of para-hydroxylation sites is 1. The zero-order chi connectivity index (χ0) is 33.6. The van der Waals surface area contributed by atoms with Crippen molar-refractivity contribution in [3.63, 3.8) is 0 Å². The zero-order valence-corrected chi connectivity index (χ0v) is 26.8. The van der Waals surface area contributed by atoms with Gasteiger partial charge in [-0.2, -0.15) is 0 Å². The molecule has 0 spiro atoms. The molecule has 0 aliphatic carbocycles. The minimum atomic E-state index is -0.595. The maximum atomic E-state index is 13.1. The van der Waals surface area contributed by atoms with Gasteiger partial charge in [0.15, 0.2) is 0 Å². The Morgan fingerprint density at radius 2 is 1.54 bits per heavy atom. The highest BCUT2D eigenvalue weighted by atomic mass is 16.2. The van der Waals surface area contributed by atoms with E-state index >= 15 is 0 Å². The number of fused-ring (bicyclic) bond motifs is 2. The first-order chi connectivity index (χ1) is 23.8. The van der Waals surface area contributed by atoms with Crippen molar-refractivity contribution in [1.29, 1.82) is 0 Å². The van der Waals surface area contributed by atoms with Crippen LogP contribution in [0.3, 0.4) is 0 Å². The highest BCUT2D eigenvalue weighted by Crippen LogP contribution is 2.31. The predicted octanol–water partition coefficient (Wildman–Crippen LogP) is 3.19. The van der Waals surface area contributed by atoms with E-state index in [9.17, 15) is 19.2 Å². The Kier molecular flexibility index (Phi) is 7.61. The molecule has 1 unspecified atom stereocenters. The van der Waals surface area contributed by atoms with Crippen LogP contribution in [0.2, 0.25) is 0 Å². The number of rotatable bonds is 6. The van der Waals surface area contributed by atoms with Crippen molar-refractivity contribution in [2.75, 3.05) is 55.6 Å². The Bertz CT molecular complexity index is 2000. The van der Waals surface area contributed by atoms with Crippen molar-refractivity contribution in [3.05, 3.63) is 94.5 Å². The fourth-order valence-corrected chi connectivity index (χ4v) is 7.70. The quantitative estimate of drug-likeness (QED) is 0.318. The molecule has 3 aromatic carbocycles. The molecule has 5 heterocycles. The lowest BCUT2D eigenvalue weighted by Gasteiger charge is -2.40. The second kappa shape index (κ2) is 12.5. The molecule has 3 amide bonds. The number of imide groups is 1. The van der Waals surface area contributed by atoms with Gasteiger partial charge in [0.2, 0.25) is 11.8 Å². The van der Waals surface area contributed by atoms with Crippen LogP contribution in [0.15, 0.2) is 77.8 Å². The molecule has 4 aromatic rings. The van der Waals surface area contributed by atoms with Crippen molar-refractivity contribution in [3.8, 4) is 5.69 Å². The summed E-state index contributed by atoms with van der Waals surface area (Å²) in [5, 5.41) is 2.82. The number of aromatic nitrogens is 2. The standard InChI is InChI=1S/C37H39N7O4/c45-34-12-11-33(35(46)39-34)43-23-26-21-29(9-10-30(26)36(43)47)42-19-17-40(18-20-42)22-25-13-15-41(16-14-25)27-5-7-28(8-6-27)44-24-38-32-4-2-1-3-31(32)37(44)48/h1-10,21,24-25,33H,11-20,22-23H2,(H,39,45,46)/i1D. The molecule has 0 saturated carbocycles. The summed E-state index contributed by atoms with van der Waals surface area (Å²) in [6.45, 7) is 7.32. The lowest BCUT2D eigenvalue weighted by atomic mass is 9.95. The van der Waals surface area contributed by atoms with E-state index in [4.69, 9.17) is 1.37 Å². The number of piperazine rings is 1. The van der Waals surface area contributed by atoms with E-state index in [0.717, 1.165) is 81.3 Å². The third-order valence-corrected chi connectivity index (χ3v) is 10.5. The maximum absolute atomic E-state index is 13.1. The third-order valence-electron chi connectivity index (χ3n) is 10.5. The van der Waals surface area contributed by atoms with Crippen LogP contribution in [0.1, 0.15) is 43.0 Å². The van der Waals surface area contributed by atoms with Crippen LogP contribution in [0.4, 0.5) is 11.4 Å². The average Bonchev–Trinajstić information content (AvgIpc) is 3.44. The van der Waals surface area contributed by atoms with E-state index in [1.807, 2.05) is 24.3 Å². The zero-order valence-electron chi connectivity index (χ0n) is 27.8. The molecule has 11 nitrogen and oxygen atoms in total. The molecule has 11 heteroatoms. The number of carbonyl (C=O) groups is 3. The average molecular weight is 647 g/mol. The lowest BCUT2D eigenvalue weighted by Crippen LogP contribution is -2.52. The summed E-state index contributed by atoms with van der Waals surface area (Å²) in [5.74, 6) is -0.145. The number of nitrogens with zero attached hydrogens (tertiary/aromatic N) is 6. The normalized spacial score (nSPS) is 21.1. The molecule has 1 N–H and O–H groups in total. The molecule has 0 radical (unpaired) electrons. The van der Waals surface area contributed by atoms with Gasteiger partial charge in [0.1, 0.15) is 12.4 Å². The molecule has 1 aromatic heterocycles. The number of hydrogen-bond acceptors (Lipinski definition) is 8. The number of piperidine rings is 2. The minimum absolute atomic E-state index is 0.135. The van der Waals surface area contributed by atoms with E-state index in [1.54, 1.807) is 34.0 Å². The predicted molar refractivity (Wildman–Crippen MR) is 183 cm³/mol. The van der Waals surface area contributed by atoms with Crippen LogP contribution in [-0.2, 0) is 16.1 Å². The highest BCUT2D eigenvalue weighted by Gasteiger charge is 2.39. The van der Waals surface area contributed by atoms with Gasteiger partial charge >= 0.3 is 0 Å². The van der Waals surface area contributed by atoms with Crippen LogP contribution in [-0.4, -0.2) is 88.9 Å². The van der Waals surface area contributed by atoms with Gasteiger partial charge < -0.3 is 14.7 Å². The molecular formula is C37H39N7O4. The van der Waals surface area contributed by atoms with Gasteiger partial charge in [-0.3, -0.25) is 34.0 Å². The minimum Gasteiger partial charge on any atom is -0.372 e. The first kappa shape index (κ1) is 29.1. The number of nitrogens with one attached hydrogen (secondary N) is 1. The maximum Gasteiger partial charge on any atom is 0.265 e. The molecule has 48 heavy (non-hydrogen) atoms. The van der Waals surface area contributed by atoms with E-state index in [2.05, 4.69) is 43.2 Å². The first-order valence-corrected chi connectivity index (χ1v) is 16.9. The second-order valence-corrected chi connectivity index (χ2v) is 13.3. The summed E-state index contributed by atoms with van der Waals surface area (Å²) in [7, 11) is 0. The van der Waals surface area contributed by atoms with Crippen LogP contribution < -0.4 is 20.7 Å². The first-order valence-electron chi connectivity index (χ1n) is 17.4. The van der Waals surface area contributed by atoms with Crippen molar-refractivity contribution in [2.45, 2.75) is 38.3 Å². The smallest absolute Gasteiger partial charge is 0.265 e. The highest BCUT2D eigenvalue weighted by molar-refractivity contribution is 6.05. The molecule has 246 valence electrons. The van der Waals surface area contributed by atoms with Crippen molar-refractivity contribution >= 4 is 40.0 Å². The summed E-state index contributed by atoms with van der Waals surface area (Å²) in [4.78, 5) is 63.6. The topological polar surface area (TPSA) is 111 Å². The van der Waals surface area contributed by atoms with Crippen LogP contribution in [0.25, 0.3) is 16.6 Å². The third kappa shape index (κ3) is 5.72. The Morgan fingerprint density at radius 3 is 2.31 bits per heavy atom. The molecule has 1 atom stereocenters. The molecule has 3 saturated heterocycles. The molecule has 0 bridgehead atoms. The monoisotopic (exact) mass is 646 g/mol. The summed E-state index contributed by atoms with van der Waals surface area (Å²) in [6, 6.07) is 18.7. The summed E-state index contributed by atoms with van der Waals surface area (Å²) in [6.07, 6.45) is 4.45. The van der Waals surface area contributed by atoms with Crippen LogP contribution in [0.5, 0.6) is 0 Å². The lowest BCUT2D eigenvalue weighted by molar-refractivity contribution is -0.136. The SMILES string of the molecule is [2H]c1ccc2ncn(-c3ccc(N4CCC(CN5CCN(c6ccc7c(c6)CN(C6CCC(=O)NC6=O)C7=O)CC5)CC4)cc3)c(=O)c2c1. The van der Waals surface area contributed by atoms with Gasteiger partial charge in [0.05, 0.1) is 18.0 Å². The molecule has 3 fully saturated rings. The number of hydrogen-bond donors (Lipinski definition) is 1. The Morgan fingerprint density at radius 1 is 0.812 bits per heavy atom. The fraction of sp³-hybridized carbons (Fsp3) is 0.378. The van der Waals surface area contributed by atoms with E-state index < -0.39 is 6.04 Å². The van der Waals surface area contributed by atoms with Gasteiger partial charge in [-0.05, 0) is 85.3 Å². The molecule has 8 rings (SSSR count). The van der Waals surface area contributed by atoms with Gasteiger partial charge in [0, 0.05) is 75.7 Å². The Labute approximate surface area is 280 Å². The van der Waals surface area contributed by atoms with Crippen LogP contribution >= 0.6 is 0 Å². The number of carbonyl (C=O) groups excluding carboxylic acids is 3. The van der Waals surface area contributed by atoms with E-state index in [0.29, 0.717) is 41.4 Å². The second-order valence-electron chi connectivity index (χ2n) is 13.3. The summed E-state index contributed by atoms with van der Waals surface area (Å²) >= 11 is 0. The fourth-order valence-electron chi connectivity index (χ4n) is 7.70. The van der Waals surface area contributed by atoms with Gasteiger partial charge in [-0.25, -0.2) is 4.98 Å². The number of anilines is 2. The van der Waals surface area contributed by atoms with E-state index in [1.165, 1.54) is 0 Å². The van der Waals surface area contributed by atoms with Crippen molar-refractivity contribution < 1.29 is 15.8 Å². The summed E-state index contributed by atoms with van der Waals surface area (Å²) < 4.78 is 9.41. The molecular weight excluding hydrogens is 606 g/mol. The molecule has 4 aliphatic heterocycles. The van der Waals surface area contributed by atoms with Crippen molar-refractivity contribution in [1.82, 2.24) is 24.7 Å². The van der Waals surface area contributed by atoms with Crippen LogP contribution in [0, 0.1) is 5.92 Å². The molecule has 4 aliphatic rings. The summed E-state index contributed by atoms with van der Waals surface area (Å²) in [5.41, 5.74) is 5.04. The van der Waals surface area contributed by atoms with Gasteiger partial charge in [0.25, 0.3) is 11.5 Å². The Balaban J connectivity index is 0.823. The Hall–Kier alpha value is -5.03. The number of amides is 3. The van der Waals surface area contributed by atoms with E-state index in [-0.39, 0.29) is 29.7 Å². The van der Waals surface area contributed by atoms with Gasteiger partial charge in [-0.15, -0.1) is 0 Å². The largest absolute Gasteiger partial charge is 0.372 e. The number of benzene rings is 3. The van der Waals surface area contributed by atoms with Crippen molar-refractivity contribution in [2.24, 2.45) is 5.92 Å². The van der Waals surface area contributed by atoms with Gasteiger partial charge in [-0.1, -0.05) is 12.1 Å².